The molecule has 2 aromatic rings. The first kappa shape index (κ1) is 21.8. The second-order valence-corrected chi connectivity index (χ2v) is 8.77. The van der Waals surface area contributed by atoms with Gasteiger partial charge >= 0.3 is 0 Å². The predicted molar refractivity (Wildman–Crippen MR) is 115 cm³/mol. The topological polar surface area (TPSA) is 72.3 Å². The summed E-state index contributed by atoms with van der Waals surface area (Å²) in [6.45, 7) is 6.41. The molecule has 1 aromatic carbocycles. The number of nitrogens with one attached hydrogen (secondary N) is 1. The third-order valence-corrected chi connectivity index (χ3v) is 6.26. The van der Waals surface area contributed by atoms with E-state index < -0.39 is 0 Å². The maximum Gasteiger partial charge on any atom is 0.233 e. The smallest absolute Gasteiger partial charge is 0.233 e. The number of carbonyl (C=O) groups is 1. The Morgan fingerprint density at radius 3 is 2.79 bits per heavy atom. The third kappa shape index (κ3) is 6.83. The van der Waals surface area contributed by atoms with Crippen LogP contribution in [0.1, 0.15) is 31.7 Å². The number of carbonyl (C=O) groups excluding carboxylic acids is 1. The quantitative estimate of drug-likeness (QED) is 0.473. The summed E-state index contributed by atoms with van der Waals surface area (Å²) >= 11 is 1.46. The van der Waals surface area contributed by atoms with Gasteiger partial charge in [0.05, 0.1) is 5.25 Å². The Kier molecular flexibility index (Phi) is 8.52. The minimum atomic E-state index is -0.206. The van der Waals surface area contributed by atoms with Crippen LogP contribution in [0.5, 0.6) is 0 Å². The minimum absolute atomic E-state index is 0.0722. The number of amides is 1. The van der Waals surface area contributed by atoms with Gasteiger partial charge in [-0.2, -0.15) is 0 Å². The maximum atomic E-state index is 12.7. The van der Waals surface area contributed by atoms with E-state index in [4.69, 9.17) is 4.74 Å². The van der Waals surface area contributed by atoms with Gasteiger partial charge in [-0.05, 0) is 31.7 Å². The Bertz CT molecular complexity index is 747. The third-order valence-electron chi connectivity index (χ3n) is 5.16. The molecule has 0 bridgehead atoms. The van der Waals surface area contributed by atoms with Gasteiger partial charge in [-0.1, -0.05) is 42.1 Å². The Morgan fingerprint density at radius 1 is 1.31 bits per heavy atom. The van der Waals surface area contributed by atoms with Crippen LogP contribution in [0.15, 0.2) is 41.8 Å². The fraction of sp³-hybridized carbons (Fsp3) is 0.571. The molecule has 0 aliphatic carbocycles. The molecule has 0 radical (unpaired) electrons. The maximum absolute atomic E-state index is 12.7. The zero-order chi connectivity index (χ0) is 20.5. The number of ether oxygens (including phenoxy) is 1. The highest BCUT2D eigenvalue weighted by molar-refractivity contribution is 8.00. The Labute approximate surface area is 177 Å². The molecule has 1 aliphatic rings. The molecule has 2 heterocycles. The average Bonchev–Trinajstić information content (AvgIpc) is 3.17. The number of likely N-dealkylation sites (tertiary alicyclic amines) is 1. The van der Waals surface area contributed by atoms with Crippen molar-refractivity contribution in [2.75, 3.05) is 26.8 Å². The average molecular weight is 418 g/mol. The highest BCUT2D eigenvalue weighted by atomic mass is 32.2. The lowest BCUT2D eigenvalue weighted by atomic mass is 10.0. The summed E-state index contributed by atoms with van der Waals surface area (Å²) in [6, 6.07) is 10.8. The first-order chi connectivity index (χ1) is 14.2. The van der Waals surface area contributed by atoms with E-state index in [2.05, 4.69) is 44.7 Å². The molecule has 1 aromatic heterocycles. The normalized spacial score (nSPS) is 16.6. The number of methoxy groups -OCH3 is 1. The monoisotopic (exact) mass is 417 g/mol. The van der Waals surface area contributed by atoms with Gasteiger partial charge in [0.1, 0.15) is 6.33 Å². The van der Waals surface area contributed by atoms with E-state index in [0.717, 1.165) is 50.6 Å². The molecule has 1 fully saturated rings. The summed E-state index contributed by atoms with van der Waals surface area (Å²) in [7, 11) is 1.69. The van der Waals surface area contributed by atoms with Gasteiger partial charge in [0, 0.05) is 45.9 Å². The van der Waals surface area contributed by atoms with E-state index in [-0.39, 0.29) is 17.2 Å². The molecule has 3 rings (SSSR count). The van der Waals surface area contributed by atoms with Crippen LogP contribution in [-0.2, 0) is 22.6 Å². The van der Waals surface area contributed by atoms with Crippen molar-refractivity contribution < 1.29 is 9.53 Å². The molecule has 0 spiro atoms. The molecule has 1 aliphatic heterocycles. The molecule has 158 valence electrons. The lowest BCUT2D eigenvalue weighted by Gasteiger charge is -2.32. The van der Waals surface area contributed by atoms with Gasteiger partial charge in [-0.15, -0.1) is 10.2 Å². The van der Waals surface area contributed by atoms with Crippen molar-refractivity contribution in [1.82, 2.24) is 25.0 Å². The van der Waals surface area contributed by atoms with Gasteiger partial charge in [-0.25, -0.2) is 0 Å². The van der Waals surface area contributed by atoms with Crippen molar-refractivity contribution in [1.29, 1.82) is 0 Å². The first-order valence-corrected chi connectivity index (χ1v) is 11.1. The summed E-state index contributed by atoms with van der Waals surface area (Å²) in [4.78, 5) is 15.1. The predicted octanol–water partition coefficient (Wildman–Crippen LogP) is 2.58. The van der Waals surface area contributed by atoms with Crippen molar-refractivity contribution in [3.05, 3.63) is 42.2 Å². The fourth-order valence-electron chi connectivity index (χ4n) is 3.48. The Morgan fingerprint density at radius 2 is 2.07 bits per heavy atom. The molecule has 8 heteroatoms. The summed E-state index contributed by atoms with van der Waals surface area (Å²) in [5.74, 6) is 0.0722. The highest BCUT2D eigenvalue weighted by Crippen LogP contribution is 2.22. The van der Waals surface area contributed by atoms with Crippen LogP contribution in [0, 0.1) is 0 Å². The van der Waals surface area contributed by atoms with E-state index >= 15 is 0 Å². The molecule has 29 heavy (non-hydrogen) atoms. The van der Waals surface area contributed by atoms with E-state index in [9.17, 15) is 4.79 Å². The molecule has 1 N–H and O–H groups in total. The number of hydrogen-bond donors (Lipinski definition) is 1. The largest absolute Gasteiger partial charge is 0.385 e. The number of nitrogens with zero attached hydrogens (tertiary/aromatic N) is 4. The number of aryl methyl sites for hydroxylation is 1. The highest BCUT2D eigenvalue weighted by Gasteiger charge is 2.24. The molecular weight excluding hydrogens is 386 g/mol. The molecule has 1 atom stereocenters. The molecular formula is C21H31N5O2S. The first-order valence-electron chi connectivity index (χ1n) is 10.3. The number of rotatable bonds is 10. The molecule has 1 saturated heterocycles. The van der Waals surface area contributed by atoms with E-state index in [1.165, 1.54) is 17.3 Å². The van der Waals surface area contributed by atoms with Crippen LogP contribution >= 0.6 is 11.8 Å². The summed E-state index contributed by atoms with van der Waals surface area (Å²) in [5, 5.41) is 11.9. The standard InChI is InChI=1S/C21H31N5O2S/c1-17(29-21-24-22-16-26(21)11-6-14-28-2)20(27)23-19-9-12-25(13-10-19)15-18-7-4-3-5-8-18/h3-5,7-8,16-17,19H,6,9-15H2,1-2H3,(H,23,27). The van der Waals surface area contributed by atoms with Crippen LogP contribution in [-0.4, -0.2) is 63.7 Å². The number of thioether (sulfide) groups is 1. The van der Waals surface area contributed by atoms with Crippen LogP contribution in [0.25, 0.3) is 0 Å². The number of hydrogen-bond acceptors (Lipinski definition) is 6. The number of benzene rings is 1. The fourth-order valence-corrected chi connectivity index (χ4v) is 4.33. The van der Waals surface area contributed by atoms with Gasteiger partial charge in [0.25, 0.3) is 0 Å². The van der Waals surface area contributed by atoms with E-state index in [1.54, 1.807) is 13.4 Å². The zero-order valence-corrected chi connectivity index (χ0v) is 18.1. The van der Waals surface area contributed by atoms with Gasteiger partial charge < -0.3 is 14.6 Å². The van der Waals surface area contributed by atoms with Gasteiger partial charge in [0.2, 0.25) is 5.91 Å². The van der Waals surface area contributed by atoms with E-state index in [1.807, 2.05) is 17.6 Å². The van der Waals surface area contributed by atoms with Crippen molar-refractivity contribution in [2.45, 2.75) is 55.7 Å². The van der Waals surface area contributed by atoms with Crippen molar-refractivity contribution in [3.63, 3.8) is 0 Å². The number of aromatic nitrogens is 3. The SMILES string of the molecule is COCCCn1cnnc1SC(C)C(=O)NC1CCN(Cc2ccccc2)CC1. The van der Waals surface area contributed by atoms with Crippen LogP contribution in [0.2, 0.25) is 0 Å². The lowest BCUT2D eigenvalue weighted by molar-refractivity contribution is -0.121. The summed E-state index contributed by atoms with van der Waals surface area (Å²) < 4.78 is 7.08. The van der Waals surface area contributed by atoms with Gasteiger partial charge in [-0.3, -0.25) is 9.69 Å². The van der Waals surface area contributed by atoms with Crippen molar-refractivity contribution >= 4 is 17.7 Å². The second-order valence-electron chi connectivity index (χ2n) is 7.46. The van der Waals surface area contributed by atoms with Crippen molar-refractivity contribution in [3.8, 4) is 0 Å². The van der Waals surface area contributed by atoms with Crippen LogP contribution in [0.4, 0.5) is 0 Å². The Balaban J connectivity index is 1.41. The van der Waals surface area contributed by atoms with Gasteiger partial charge in [0.15, 0.2) is 5.16 Å². The van der Waals surface area contributed by atoms with Crippen molar-refractivity contribution in [2.24, 2.45) is 0 Å². The summed E-state index contributed by atoms with van der Waals surface area (Å²) in [5.41, 5.74) is 1.34. The Hall–Kier alpha value is -1.90. The molecule has 0 saturated carbocycles. The molecule has 7 nitrogen and oxygen atoms in total. The summed E-state index contributed by atoms with van der Waals surface area (Å²) in [6.07, 6.45) is 4.58. The van der Waals surface area contributed by atoms with Crippen LogP contribution < -0.4 is 5.32 Å². The zero-order valence-electron chi connectivity index (χ0n) is 17.3. The molecule has 1 unspecified atom stereocenters. The lowest BCUT2D eigenvalue weighted by Crippen LogP contribution is -2.46. The second kappa shape index (κ2) is 11.3. The molecule has 1 amide bonds. The van der Waals surface area contributed by atoms with E-state index in [0.29, 0.717) is 6.61 Å². The number of piperidine rings is 1. The van der Waals surface area contributed by atoms with Crippen LogP contribution in [0.3, 0.4) is 0 Å². The minimum Gasteiger partial charge on any atom is -0.385 e.